The van der Waals surface area contributed by atoms with Crippen molar-refractivity contribution in [3.63, 3.8) is 0 Å². The number of rotatable bonds is 1. The summed E-state index contributed by atoms with van der Waals surface area (Å²) in [4.78, 5) is 0. The van der Waals surface area contributed by atoms with Gasteiger partial charge in [-0.3, -0.25) is 0 Å². The minimum absolute atomic E-state index is 0.0718. The van der Waals surface area contributed by atoms with Crippen molar-refractivity contribution in [1.82, 2.24) is 4.57 Å². The lowest BCUT2D eigenvalue weighted by molar-refractivity contribution is -0.150. The Bertz CT molecular complexity index is 264. The summed E-state index contributed by atoms with van der Waals surface area (Å²) in [6.45, 7) is 0. The van der Waals surface area contributed by atoms with Crippen LogP contribution in [0.25, 0.3) is 0 Å². The van der Waals surface area contributed by atoms with E-state index in [1.54, 1.807) is 0 Å². The van der Waals surface area contributed by atoms with E-state index in [4.69, 9.17) is 5.73 Å². The summed E-state index contributed by atoms with van der Waals surface area (Å²) in [5.74, 6) is 0. The topological polar surface area (TPSA) is 30.9 Å². The highest BCUT2D eigenvalue weighted by Gasteiger charge is 2.38. The van der Waals surface area contributed by atoms with Crippen LogP contribution in [0.4, 0.5) is 13.2 Å². The predicted octanol–water partition coefficient (Wildman–Crippen LogP) is 1.59. The minimum Gasteiger partial charge on any atom is -0.353 e. The molecule has 1 rings (SSSR count). The lowest BCUT2D eigenvalue weighted by Crippen LogP contribution is -2.29. The van der Waals surface area contributed by atoms with E-state index in [-0.39, 0.29) is 5.69 Å². The standard InChI is InChI=1S/C7H9F3N2/c1-12-4-2-3-5(12)6(11)7(8,9)10/h2-4,6H,11H2,1H3/t6-/m0/s1. The predicted molar refractivity (Wildman–Crippen MR) is 38.4 cm³/mol. The molecule has 0 bridgehead atoms. The zero-order chi connectivity index (χ0) is 9.35. The molecule has 1 aromatic heterocycles. The van der Waals surface area contributed by atoms with Gasteiger partial charge >= 0.3 is 6.18 Å². The Morgan fingerprint density at radius 2 is 2.08 bits per heavy atom. The van der Waals surface area contributed by atoms with E-state index < -0.39 is 12.2 Å². The van der Waals surface area contributed by atoms with Gasteiger partial charge in [0.25, 0.3) is 0 Å². The maximum absolute atomic E-state index is 12.1. The van der Waals surface area contributed by atoms with Crippen molar-refractivity contribution in [1.29, 1.82) is 0 Å². The number of halogens is 3. The van der Waals surface area contributed by atoms with E-state index in [1.807, 2.05) is 0 Å². The second-order valence-corrected chi connectivity index (χ2v) is 2.56. The van der Waals surface area contributed by atoms with Crippen molar-refractivity contribution in [3.05, 3.63) is 24.0 Å². The first kappa shape index (κ1) is 9.12. The van der Waals surface area contributed by atoms with Gasteiger partial charge < -0.3 is 10.3 Å². The summed E-state index contributed by atoms with van der Waals surface area (Å²) in [5.41, 5.74) is 5.04. The van der Waals surface area contributed by atoms with E-state index in [0.717, 1.165) is 0 Å². The van der Waals surface area contributed by atoms with Crippen LogP contribution in [0, 0.1) is 0 Å². The monoisotopic (exact) mass is 178 g/mol. The number of aryl methyl sites for hydroxylation is 1. The Morgan fingerprint density at radius 1 is 1.50 bits per heavy atom. The van der Waals surface area contributed by atoms with E-state index in [9.17, 15) is 13.2 Å². The molecule has 0 aliphatic heterocycles. The first-order valence-electron chi connectivity index (χ1n) is 3.36. The van der Waals surface area contributed by atoms with Gasteiger partial charge in [0.1, 0.15) is 6.04 Å². The molecule has 0 amide bonds. The number of hydrogen-bond donors (Lipinski definition) is 1. The van der Waals surface area contributed by atoms with Gasteiger partial charge in [0.2, 0.25) is 0 Å². The number of nitrogens with zero attached hydrogens (tertiary/aromatic N) is 1. The van der Waals surface area contributed by atoms with Gasteiger partial charge in [-0.25, -0.2) is 0 Å². The third kappa shape index (κ3) is 1.61. The van der Waals surface area contributed by atoms with Crippen molar-refractivity contribution < 1.29 is 13.2 Å². The molecule has 2 N–H and O–H groups in total. The molecule has 1 aromatic rings. The van der Waals surface area contributed by atoms with Crippen LogP contribution < -0.4 is 5.73 Å². The highest BCUT2D eigenvalue weighted by Crippen LogP contribution is 2.29. The SMILES string of the molecule is Cn1cccc1[C@H](N)C(F)(F)F. The van der Waals surface area contributed by atoms with Gasteiger partial charge in [0.15, 0.2) is 0 Å². The van der Waals surface area contributed by atoms with E-state index in [1.165, 1.54) is 29.9 Å². The second kappa shape index (κ2) is 2.82. The molecular weight excluding hydrogens is 169 g/mol. The Hall–Kier alpha value is -0.970. The summed E-state index contributed by atoms with van der Waals surface area (Å²) < 4.78 is 37.5. The van der Waals surface area contributed by atoms with Crippen molar-refractivity contribution in [3.8, 4) is 0 Å². The van der Waals surface area contributed by atoms with Gasteiger partial charge in [-0.05, 0) is 12.1 Å². The normalized spacial score (nSPS) is 14.8. The zero-order valence-electron chi connectivity index (χ0n) is 6.47. The number of nitrogens with two attached hydrogens (primary N) is 1. The molecule has 0 spiro atoms. The molecule has 0 aliphatic rings. The molecule has 0 radical (unpaired) electrons. The number of aromatic nitrogens is 1. The van der Waals surface area contributed by atoms with Crippen molar-refractivity contribution >= 4 is 0 Å². The summed E-state index contributed by atoms with van der Waals surface area (Å²) in [6.07, 6.45) is -2.84. The minimum atomic E-state index is -4.37. The first-order valence-corrected chi connectivity index (χ1v) is 3.36. The third-order valence-electron chi connectivity index (χ3n) is 1.66. The lowest BCUT2D eigenvalue weighted by atomic mass is 10.2. The van der Waals surface area contributed by atoms with Gasteiger partial charge in [-0.15, -0.1) is 0 Å². The average molecular weight is 178 g/mol. The maximum atomic E-state index is 12.1. The lowest BCUT2D eigenvalue weighted by Gasteiger charge is -2.16. The summed E-state index contributed by atoms with van der Waals surface area (Å²) >= 11 is 0. The Kier molecular flexibility index (Phi) is 2.14. The number of hydrogen-bond acceptors (Lipinski definition) is 1. The molecule has 1 atom stereocenters. The van der Waals surface area contributed by atoms with Crippen LogP contribution in [0.1, 0.15) is 11.7 Å². The molecule has 12 heavy (non-hydrogen) atoms. The van der Waals surface area contributed by atoms with Crippen molar-refractivity contribution in [2.45, 2.75) is 12.2 Å². The van der Waals surface area contributed by atoms with Crippen LogP contribution in [0.2, 0.25) is 0 Å². The Balaban J connectivity index is 2.92. The van der Waals surface area contributed by atoms with E-state index in [2.05, 4.69) is 0 Å². The molecule has 0 unspecified atom stereocenters. The summed E-state index contributed by atoms with van der Waals surface area (Å²) in [7, 11) is 1.53. The van der Waals surface area contributed by atoms with Gasteiger partial charge in [-0.2, -0.15) is 13.2 Å². The van der Waals surface area contributed by atoms with Crippen LogP contribution in [-0.4, -0.2) is 10.7 Å². The molecule has 0 saturated heterocycles. The van der Waals surface area contributed by atoms with Crippen LogP contribution in [-0.2, 0) is 7.05 Å². The van der Waals surface area contributed by atoms with Crippen LogP contribution in [0.15, 0.2) is 18.3 Å². The van der Waals surface area contributed by atoms with Gasteiger partial charge in [-0.1, -0.05) is 0 Å². The number of alkyl halides is 3. The summed E-state index contributed by atoms with van der Waals surface area (Å²) in [6, 6.07) is 0.997. The van der Waals surface area contributed by atoms with Gasteiger partial charge in [0.05, 0.1) is 0 Å². The second-order valence-electron chi connectivity index (χ2n) is 2.56. The van der Waals surface area contributed by atoms with Crippen LogP contribution in [0.3, 0.4) is 0 Å². The molecule has 68 valence electrons. The molecule has 2 nitrogen and oxygen atoms in total. The molecular formula is C7H9F3N2. The highest BCUT2D eigenvalue weighted by molar-refractivity contribution is 5.12. The van der Waals surface area contributed by atoms with E-state index >= 15 is 0 Å². The third-order valence-corrected chi connectivity index (χ3v) is 1.66. The van der Waals surface area contributed by atoms with Gasteiger partial charge in [0, 0.05) is 18.9 Å². The smallest absolute Gasteiger partial charge is 0.353 e. The quantitative estimate of drug-likeness (QED) is 0.695. The molecule has 1 heterocycles. The Morgan fingerprint density at radius 3 is 2.42 bits per heavy atom. The molecule has 0 aromatic carbocycles. The largest absolute Gasteiger partial charge is 0.409 e. The average Bonchev–Trinajstić information content (AvgIpc) is 2.31. The van der Waals surface area contributed by atoms with Crippen molar-refractivity contribution in [2.75, 3.05) is 0 Å². The van der Waals surface area contributed by atoms with E-state index in [0.29, 0.717) is 0 Å². The zero-order valence-corrected chi connectivity index (χ0v) is 6.47. The first-order chi connectivity index (χ1) is 5.43. The Labute approximate surface area is 67.8 Å². The molecule has 5 heteroatoms. The highest BCUT2D eigenvalue weighted by atomic mass is 19.4. The molecule has 0 aliphatic carbocycles. The maximum Gasteiger partial charge on any atom is 0.409 e. The van der Waals surface area contributed by atoms with Crippen LogP contribution in [0.5, 0.6) is 0 Å². The molecule has 0 saturated carbocycles. The van der Waals surface area contributed by atoms with Crippen molar-refractivity contribution in [2.24, 2.45) is 12.8 Å². The molecule has 0 fully saturated rings. The fourth-order valence-electron chi connectivity index (χ4n) is 0.965. The summed E-state index contributed by atoms with van der Waals surface area (Å²) in [5, 5.41) is 0. The fourth-order valence-corrected chi connectivity index (χ4v) is 0.965. The fraction of sp³-hybridized carbons (Fsp3) is 0.429. The van der Waals surface area contributed by atoms with Crippen LogP contribution >= 0.6 is 0 Å².